The summed E-state index contributed by atoms with van der Waals surface area (Å²) in [4.78, 5) is 24.5. The average Bonchev–Trinajstić information content (AvgIpc) is 2.76. The van der Waals surface area contributed by atoms with Crippen LogP contribution in [0, 0.1) is 0 Å². The van der Waals surface area contributed by atoms with Crippen molar-refractivity contribution in [2.75, 3.05) is 0 Å². The van der Waals surface area contributed by atoms with Crippen LogP contribution in [0.4, 0.5) is 0 Å². The number of carbonyl (C=O) groups excluding carboxylic acids is 2. The van der Waals surface area contributed by atoms with E-state index in [1.807, 2.05) is 60.7 Å². The van der Waals surface area contributed by atoms with E-state index in [2.05, 4.69) is 31.9 Å². The van der Waals surface area contributed by atoms with E-state index >= 15 is 0 Å². The lowest BCUT2D eigenvalue weighted by Crippen LogP contribution is -2.14. The highest BCUT2D eigenvalue weighted by Crippen LogP contribution is 2.34. The molecule has 0 atom stereocenters. The molecule has 4 aromatic rings. The highest BCUT2D eigenvalue weighted by molar-refractivity contribution is 9.11. The molecule has 150 valence electrons. The lowest BCUT2D eigenvalue weighted by Gasteiger charge is -2.10. The van der Waals surface area contributed by atoms with Crippen molar-refractivity contribution in [2.24, 2.45) is 0 Å². The fourth-order valence-electron chi connectivity index (χ4n) is 3.14. The highest BCUT2D eigenvalue weighted by atomic mass is 79.9. The van der Waals surface area contributed by atoms with Gasteiger partial charge in [0.1, 0.15) is 11.5 Å². The van der Waals surface area contributed by atoms with E-state index in [4.69, 9.17) is 9.47 Å². The summed E-state index contributed by atoms with van der Waals surface area (Å²) in [5.74, 6) is -0.158. The van der Waals surface area contributed by atoms with Crippen molar-refractivity contribution in [1.29, 1.82) is 0 Å². The fourth-order valence-corrected chi connectivity index (χ4v) is 4.28. The second kappa shape index (κ2) is 8.98. The van der Waals surface area contributed by atoms with E-state index in [9.17, 15) is 9.59 Å². The zero-order valence-electron chi connectivity index (χ0n) is 15.7. The van der Waals surface area contributed by atoms with E-state index in [1.165, 1.54) is 0 Å². The molecule has 0 aliphatic rings. The first kappa shape index (κ1) is 20.6. The Hall–Kier alpha value is -2.70. The summed E-state index contributed by atoms with van der Waals surface area (Å²) in [6.45, 7) is 0. The molecule has 0 unspecified atom stereocenters. The Bertz CT molecular complexity index is 1170. The third-order valence-electron chi connectivity index (χ3n) is 4.64. The van der Waals surface area contributed by atoms with Crippen LogP contribution in [-0.2, 0) is 9.59 Å². The smallest absolute Gasteiger partial charge is 0.311 e. The Morgan fingerprint density at radius 2 is 1.00 bits per heavy atom. The maximum atomic E-state index is 12.2. The minimum atomic E-state index is -0.500. The molecule has 6 heteroatoms. The first-order valence-electron chi connectivity index (χ1n) is 9.29. The van der Waals surface area contributed by atoms with Crippen molar-refractivity contribution in [3.63, 3.8) is 0 Å². The molecule has 0 N–H and O–H groups in total. The molecule has 4 rings (SSSR count). The second-order valence-corrected chi connectivity index (χ2v) is 8.23. The number of carbonyl (C=O) groups is 2. The Labute approximate surface area is 190 Å². The van der Waals surface area contributed by atoms with Gasteiger partial charge in [0.2, 0.25) is 0 Å². The predicted octanol–water partition coefficient (Wildman–Crippen LogP) is 6.81. The van der Waals surface area contributed by atoms with Crippen molar-refractivity contribution >= 4 is 65.3 Å². The lowest BCUT2D eigenvalue weighted by molar-refractivity contribution is -0.140. The summed E-state index contributed by atoms with van der Waals surface area (Å²) in [6, 6.07) is 22.8. The van der Waals surface area contributed by atoms with Crippen molar-refractivity contribution in [2.45, 2.75) is 12.8 Å². The summed E-state index contributed by atoms with van der Waals surface area (Å²) in [5.41, 5.74) is 0. The van der Waals surface area contributed by atoms with Crippen LogP contribution >= 0.6 is 31.9 Å². The highest BCUT2D eigenvalue weighted by Gasteiger charge is 2.15. The normalized spacial score (nSPS) is 10.9. The number of hydrogen-bond acceptors (Lipinski definition) is 4. The van der Waals surface area contributed by atoms with Crippen molar-refractivity contribution < 1.29 is 19.1 Å². The molecule has 0 aliphatic heterocycles. The summed E-state index contributed by atoms with van der Waals surface area (Å²) in [7, 11) is 0. The Morgan fingerprint density at radius 3 is 1.43 bits per heavy atom. The van der Waals surface area contributed by atoms with Gasteiger partial charge in [0.05, 0.1) is 21.8 Å². The molecule has 0 heterocycles. The van der Waals surface area contributed by atoms with Crippen molar-refractivity contribution in [1.82, 2.24) is 0 Å². The largest absolute Gasteiger partial charge is 0.425 e. The minimum Gasteiger partial charge on any atom is -0.425 e. The summed E-state index contributed by atoms with van der Waals surface area (Å²) in [6.07, 6.45) is -0.160. The molecule has 0 saturated carbocycles. The number of benzene rings is 4. The number of halogens is 2. The molecule has 0 saturated heterocycles. The average molecular weight is 528 g/mol. The number of ether oxygens (including phenoxy) is 2. The first-order chi connectivity index (χ1) is 14.5. The molecule has 0 spiro atoms. The van der Waals surface area contributed by atoms with Crippen LogP contribution in [0.25, 0.3) is 21.5 Å². The molecular weight excluding hydrogens is 512 g/mol. The topological polar surface area (TPSA) is 52.6 Å². The van der Waals surface area contributed by atoms with E-state index in [0.717, 1.165) is 21.5 Å². The van der Waals surface area contributed by atoms with Gasteiger partial charge in [-0.2, -0.15) is 0 Å². The third kappa shape index (κ3) is 4.40. The van der Waals surface area contributed by atoms with Gasteiger partial charge in [-0.05, 0) is 65.5 Å². The van der Waals surface area contributed by atoms with Gasteiger partial charge in [0.15, 0.2) is 0 Å². The van der Waals surface area contributed by atoms with Crippen LogP contribution in [0.1, 0.15) is 12.8 Å². The number of rotatable bonds is 5. The minimum absolute atomic E-state index is 0.0801. The fraction of sp³-hybridized carbons (Fsp3) is 0.0833. The summed E-state index contributed by atoms with van der Waals surface area (Å²) in [5, 5.41) is 3.97. The summed E-state index contributed by atoms with van der Waals surface area (Å²) < 4.78 is 12.3. The van der Waals surface area contributed by atoms with E-state index in [0.29, 0.717) is 20.4 Å². The van der Waals surface area contributed by atoms with Gasteiger partial charge in [0.25, 0.3) is 0 Å². The van der Waals surface area contributed by atoms with Crippen molar-refractivity contribution in [3.8, 4) is 11.5 Å². The second-order valence-electron chi connectivity index (χ2n) is 6.65. The van der Waals surface area contributed by atoms with Gasteiger partial charge in [-0.15, -0.1) is 0 Å². The van der Waals surface area contributed by atoms with Gasteiger partial charge in [-0.1, -0.05) is 60.7 Å². The van der Waals surface area contributed by atoms with Crippen LogP contribution in [0.5, 0.6) is 11.5 Å². The van der Waals surface area contributed by atoms with Crippen LogP contribution in [-0.4, -0.2) is 11.9 Å². The SMILES string of the molecule is O=C(CCC(=O)Oc1ccc2ccccc2c1Br)Oc1ccc2ccccc2c1Br. The quantitative estimate of drug-likeness (QED) is 0.211. The molecule has 0 aromatic heterocycles. The van der Waals surface area contributed by atoms with Gasteiger partial charge >= 0.3 is 11.9 Å². The van der Waals surface area contributed by atoms with Crippen LogP contribution < -0.4 is 9.47 Å². The molecule has 0 fully saturated rings. The number of hydrogen-bond donors (Lipinski definition) is 0. The van der Waals surface area contributed by atoms with Gasteiger partial charge in [0, 0.05) is 0 Å². The van der Waals surface area contributed by atoms with Gasteiger partial charge in [-0.3, -0.25) is 9.59 Å². The monoisotopic (exact) mass is 526 g/mol. The van der Waals surface area contributed by atoms with Crippen LogP contribution in [0.3, 0.4) is 0 Å². The van der Waals surface area contributed by atoms with E-state index in [1.54, 1.807) is 12.1 Å². The Morgan fingerprint density at radius 1 is 0.600 bits per heavy atom. The molecule has 0 aliphatic carbocycles. The number of fused-ring (bicyclic) bond motifs is 2. The maximum Gasteiger partial charge on any atom is 0.311 e. The molecule has 4 aromatic carbocycles. The van der Waals surface area contributed by atoms with E-state index < -0.39 is 11.9 Å². The molecule has 4 nitrogen and oxygen atoms in total. The molecule has 0 radical (unpaired) electrons. The summed E-state index contributed by atoms with van der Waals surface area (Å²) >= 11 is 6.98. The standard InChI is InChI=1S/C24H16Br2O4/c25-23-17-7-3-1-5-15(17)9-11-19(23)29-21(27)13-14-22(28)30-20-12-10-16-6-2-4-8-18(16)24(20)26/h1-12H,13-14H2. The van der Waals surface area contributed by atoms with E-state index in [-0.39, 0.29) is 12.8 Å². The third-order valence-corrected chi connectivity index (χ3v) is 6.27. The Balaban J connectivity index is 1.38. The Kier molecular flexibility index (Phi) is 6.16. The predicted molar refractivity (Wildman–Crippen MR) is 124 cm³/mol. The van der Waals surface area contributed by atoms with Gasteiger partial charge in [-0.25, -0.2) is 0 Å². The van der Waals surface area contributed by atoms with Crippen LogP contribution in [0.2, 0.25) is 0 Å². The van der Waals surface area contributed by atoms with Crippen molar-refractivity contribution in [3.05, 3.63) is 81.7 Å². The number of esters is 2. The van der Waals surface area contributed by atoms with Crippen LogP contribution in [0.15, 0.2) is 81.7 Å². The maximum absolute atomic E-state index is 12.2. The first-order valence-corrected chi connectivity index (χ1v) is 10.9. The molecule has 30 heavy (non-hydrogen) atoms. The van der Waals surface area contributed by atoms with Gasteiger partial charge < -0.3 is 9.47 Å². The zero-order chi connectivity index (χ0) is 21.1. The molecular formula is C24H16Br2O4. The molecule has 0 bridgehead atoms. The lowest BCUT2D eigenvalue weighted by atomic mass is 10.1. The zero-order valence-corrected chi connectivity index (χ0v) is 18.9. The molecule has 0 amide bonds.